The van der Waals surface area contributed by atoms with Crippen LogP contribution in [0.2, 0.25) is 0 Å². The van der Waals surface area contributed by atoms with Crippen LogP contribution in [0.3, 0.4) is 0 Å². The first-order valence-electron chi connectivity index (χ1n) is 8.60. The van der Waals surface area contributed by atoms with Crippen molar-refractivity contribution in [2.24, 2.45) is 0 Å². The van der Waals surface area contributed by atoms with Crippen LogP contribution in [0.4, 0.5) is 5.69 Å². The van der Waals surface area contributed by atoms with Crippen molar-refractivity contribution >= 4 is 23.4 Å². The zero-order valence-corrected chi connectivity index (χ0v) is 14.7. The van der Waals surface area contributed by atoms with Crippen molar-refractivity contribution in [3.63, 3.8) is 0 Å². The second kappa shape index (κ2) is 6.55. The lowest BCUT2D eigenvalue weighted by atomic mass is 10.0. The van der Waals surface area contributed by atoms with Crippen LogP contribution in [0, 0.1) is 6.92 Å². The van der Waals surface area contributed by atoms with E-state index in [4.69, 9.17) is 0 Å². The number of para-hydroxylation sites is 1. The number of amides is 1. The number of carbonyl (C=O) groups is 1. The third-order valence-corrected chi connectivity index (χ3v) is 5.69. The van der Waals surface area contributed by atoms with Crippen LogP contribution in [-0.4, -0.2) is 28.2 Å². The molecule has 0 unspecified atom stereocenters. The van der Waals surface area contributed by atoms with E-state index in [2.05, 4.69) is 23.0 Å². The molecule has 0 spiro atoms. The van der Waals surface area contributed by atoms with Crippen molar-refractivity contribution in [2.75, 3.05) is 17.2 Å². The molecule has 0 N–H and O–H groups in total. The SMILES string of the molecule is Cc1nc(SCC(=O)N2CCCc3ccccc32)nc2c1CCC2. The lowest BCUT2D eigenvalue weighted by Gasteiger charge is -2.29. The molecule has 2 aliphatic rings. The Morgan fingerprint density at radius 2 is 2.04 bits per heavy atom. The number of rotatable bonds is 3. The van der Waals surface area contributed by atoms with E-state index in [-0.39, 0.29) is 5.91 Å². The third kappa shape index (κ3) is 2.93. The first kappa shape index (κ1) is 15.6. The molecule has 1 amide bonds. The van der Waals surface area contributed by atoms with E-state index >= 15 is 0 Å². The highest BCUT2D eigenvalue weighted by Gasteiger charge is 2.23. The molecule has 0 bridgehead atoms. The molecule has 2 aromatic rings. The van der Waals surface area contributed by atoms with Gasteiger partial charge in [0.05, 0.1) is 5.75 Å². The summed E-state index contributed by atoms with van der Waals surface area (Å²) in [7, 11) is 0. The zero-order chi connectivity index (χ0) is 16.5. The van der Waals surface area contributed by atoms with Crippen LogP contribution in [0.15, 0.2) is 29.4 Å². The largest absolute Gasteiger partial charge is 0.311 e. The monoisotopic (exact) mass is 339 g/mol. The molecule has 0 fully saturated rings. The summed E-state index contributed by atoms with van der Waals surface area (Å²) in [5.41, 5.74) is 5.92. The molecule has 4 nitrogen and oxygen atoms in total. The van der Waals surface area contributed by atoms with Crippen LogP contribution in [0.1, 0.15) is 35.4 Å². The Labute approximate surface area is 146 Å². The molecule has 0 saturated carbocycles. The summed E-state index contributed by atoms with van der Waals surface area (Å²) < 4.78 is 0. The molecule has 0 saturated heterocycles. The fraction of sp³-hybridized carbons (Fsp3) is 0.421. The van der Waals surface area contributed by atoms with Gasteiger partial charge in [-0.25, -0.2) is 9.97 Å². The Bertz CT molecular complexity index is 790. The highest BCUT2D eigenvalue weighted by molar-refractivity contribution is 7.99. The first-order chi connectivity index (χ1) is 11.7. The van der Waals surface area contributed by atoms with Gasteiger partial charge in [-0.3, -0.25) is 4.79 Å². The number of aromatic nitrogens is 2. The maximum absolute atomic E-state index is 12.7. The van der Waals surface area contributed by atoms with Gasteiger partial charge in [-0.15, -0.1) is 0 Å². The molecule has 124 valence electrons. The Balaban J connectivity index is 1.47. The van der Waals surface area contributed by atoms with E-state index in [9.17, 15) is 4.79 Å². The van der Waals surface area contributed by atoms with Gasteiger partial charge in [0.15, 0.2) is 5.16 Å². The van der Waals surface area contributed by atoms with Crippen LogP contribution in [0.5, 0.6) is 0 Å². The average molecular weight is 339 g/mol. The van der Waals surface area contributed by atoms with E-state index in [0.717, 1.165) is 48.8 Å². The summed E-state index contributed by atoms with van der Waals surface area (Å²) in [5.74, 6) is 0.543. The quantitative estimate of drug-likeness (QED) is 0.635. The zero-order valence-electron chi connectivity index (χ0n) is 13.9. The molecule has 2 heterocycles. The maximum Gasteiger partial charge on any atom is 0.237 e. The molecule has 1 aromatic heterocycles. The third-order valence-electron chi connectivity index (χ3n) is 4.86. The topological polar surface area (TPSA) is 46.1 Å². The van der Waals surface area contributed by atoms with Gasteiger partial charge in [0.25, 0.3) is 0 Å². The van der Waals surface area contributed by atoms with Crippen molar-refractivity contribution in [3.05, 3.63) is 46.8 Å². The minimum absolute atomic E-state index is 0.147. The fourth-order valence-electron chi connectivity index (χ4n) is 3.65. The first-order valence-corrected chi connectivity index (χ1v) is 9.58. The molecule has 0 atom stereocenters. The predicted molar refractivity (Wildman–Crippen MR) is 96.6 cm³/mol. The van der Waals surface area contributed by atoms with Crippen molar-refractivity contribution in [1.82, 2.24) is 9.97 Å². The molecule has 1 aliphatic heterocycles. The highest BCUT2D eigenvalue weighted by Crippen LogP contribution is 2.29. The van der Waals surface area contributed by atoms with Gasteiger partial charge in [-0.05, 0) is 56.2 Å². The predicted octanol–water partition coefficient (Wildman–Crippen LogP) is 3.35. The average Bonchev–Trinajstić information content (AvgIpc) is 3.08. The number of carbonyl (C=O) groups excluding carboxylic acids is 1. The Hall–Kier alpha value is -1.88. The molecular formula is C19H21N3OS. The summed E-state index contributed by atoms with van der Waals surface area (Å²) in [6.45, 7) is 2.86. The van der Waals surface area contributed by atoms with Gasteiger partial charge in [0, 0.05) is 23.6 Å². The molecule has 5 heteroatoms. The van der Waals surface area contributed by atoms with Gasteiger partial charge in [-0.1, -0.05) is 30.0 Å². The fourth-order valence-corrected chi connectivity index (χ4v) is 4.44. The number of nitrogens with zero attached hydrogens (tertiary/aromatic N) is 3. The summed E-state index contributed by atoms with van der Waals surface area (Å²) in [6, 6.07) is 8.22. The van der Waals surface area contributed by atoms with Crippen molar-refractivity contribution < 1.29 is 4.79 Å². The molecule has 24 heavy (non-hydrogen) atoms. The van der Waals surface area contributed by atoms with E-state index in [1.165, 1.54) is 35.0 Å². The maximum atomic E-state index is 12.7. The Morgan fingerprint density at radius 1 is 1.17 bits per heavy atom. The minimum Gasteiger partial charge on any atom is -0.311 e. The minimum atomic E-state index is 0.147. The molecular weight excluding hydrogens is 318 g/mol. The number of hydrogen-bond donors (Lipinski definition) is 0. The molecule has 4 rings (SSSR count). The van der Waals surface area contributed by atoms with Crippen molar-refractivity contribution in [1.29, 1.82) is 0 Å². The number of thioether (sulfide) groups is 1. The number of anilines is 1. The number of hydrogen-bond acceptors (Lipinski definition) is 4. The van der Waals surface area contributed by atoms with Gasteiger partial charge < -0.3 is 4.90 Å². The van der Waals surface area contributed by atoms with E-state index < -0.39 is 0 Å². The van der Waals surface area contributed by atoms with Gasteiger partial charge in [0.1, 0.15) is 0 Å². The van der Waals surface area contributed by atoms with Gasteiger partial charge in [-0.2, -0.15) is 0 Å². The number of fused-ring (bicyclic) bond motifs is 2. The highest BCUT2D eigenvalue weighted by atomic mass is 32.2. The van der Waals surface area contributed by atoms with Crippen LogP contribution < -0.4 is 4.90 Å². The standard InChI is InChI=1S/C19H21N3OS/c1-13-15-8-4-9-16(15)21-19(20-13)24-12-18(23)22-11-5-7-14-6-2-3-10-17(14)22/h2-3,6,10H,4-5,7-9,11-12H2,1H3. The smallest absolute Gasteiger partial charge is 0.237 e. The normalized spacial score (nSPS) is 16.0. The lowest BCUT2D eigenvalue weighted by molar-refractivity contribution is -0.116. The molecule has 0 radical (unpaired) electrons. The summed E-state index contributed by atoms with van der Waals surface area (Å²) in [5, 5.41) is 0.742. The summed E-state index contributed by atoms with van der Waals surface area (Å²) >= 11 is 1.46. The van der Waals surface area contributed by atoms with Crippen LogP contribution >= 0.6 is 11.8 Å². The van der Waals surface area contributed by atoms with E-state index in [1.807, 2.05) is 23.1 Å². The lowest BCUT2D eigenvalue weighted by Crippen LogP contribution is -2.36. The van der Waals surface area contributed by atoms with E-state index in [1.54, 1.807) is 0 Å². The number of aryl methyl sites for hydroxylation is 3. The number of benzene rings is 1. The van der Waals surface area contributed by atoms with Crippen LogP contribution in [-0.2, 0) is 24.1 Å². The summed E-state index contributed by atoms with van der Waals surface area (Å²) in [4.78, 5) is 23.9. The van der Waals surface area contributed by atoms with Crippen molar-refractivity contribution in [2.45, 2.75) is 44.2 Å². The van der Waals surface area contributed by atoms with Crippen molar-refractivity contribution in [3.8, 4) is 0 Å². The second-order valence-corrected chi connectivity index (χ2v) is 7.38. The van der Waals surface area contributed by atoms with Gasteiger partial charge >= 0.3 is 0 Å². The Kier molecular flexibility index (Phi) is 4.27. The second-order valence-electron chi connectivity index (χ2n) is 6.44. The molecule has 1 aliphatic carbocycles. The summed E-state index contributed by atoms with van der Waals surface area (Å²) in [6.07, 6.45) is 5.39. The Morgan fingerprint density at radius 3 is 2.96 bits per heavy atom. The van der Waals surface area contributed by atoms with Crippen LogP contribution in [0.25, 0.3) is 0 Å². The van der Waals surface area contributed by atoms with E-state index in [0.29, 0.717) is 5.75 Å². The molecule has 1 aromatic carbocycles. The van der Waals surface area contributed by atoms with Gasteiger partial charge in [0.2, 0.25) is 5.91 Å².